The minimum atomic E-state index is -0.643. The van der Waals surface area contributed by atoms with Crippen LogP contribution in [0, 0.1) is 0 Å². The number of carbonyl (C=O) groups excluding carboxylic acids is 2. The summed E-state index contributed by atoms with van der Waals surface area (Å²) in [6, 6.07) is 12.5. The fourth-order valence-corrected chi connectivity index (χ4v) is 1.62. The Labute approximate surface area is 115 Å². The topological polar surface area (TPSA) is 75.6 Å². The summed E-state index contributed by atoms with van der Waals surface area (Å²) in [7, 11) is 0. The standard InChI is InChI=1S/C15H13NO4/c1-10(17)16-11-6-8-12(9-7-11)20-15(19)13-4-2-3-5-14(13)18/h2-9,18H,1H3,(H,16,17). The average molecular weight is 271 g/mol. The first-order chi connectivity index (χ1) is 9.56. The van der Waals surface area contributed by atoms with Crippen LogP contribution < -0.4 is 10.1 Å². The summed E-state index contributed by atoms with van der Waals surface area (Å²) in [6.07, 6.45) is 0. The zero-order valence-corrected chi connectivity index (χ0v) is 10.8. The van der Waals surface area contributed by atoms with Gasteiger partial charge in [-0.1, -0.05) is 12.1 Å². The molecule has 0 aromatic heterocycles. The van der Waals surface area contributed by atoms with Crippen LogP contribution in [-0.2, 0) is 4.79 Å². The largest absolute Gasteiger partial charge is 0.507 e. The van der Waals surface area contributed by atoms with Crippen molar-refractivity contribution in [3.05, 3.63) is 54.1 Å². The van der Waals surface area contributed by atoms with Crippen molar-refractivity contribution in [3.63, 3.8) is 0 Å². The van der Waals surface area contributed by atoms with Gasteiger partial charge in [0.2, 0.25) is 5.91 Å². The van der Waals surface area contributed by atoms with Crippen molar-refractivity contribution in [1.29, 1.82) is 0 Å². The molecule has 0 saturated carbocycles. The van der Waals surface area contributed by atoms with Gasteiger partial charge < -0.3 is 15.2 Å². The van der Waals surface area contributed by atoms with Crippen molar-refractivity contribution in [1.82, 2.24) is 0 Å². The predicted octanol–water partition coefficient (Wildman–Crippen LogP) is 2.57. The maximum absolute atomic E-state index is 11.8. The summed E-state index contributed by atoms with van der Waals surface area (Å²) in [4.78, 5) is 22.7. The molecule has 5 heteroatoms. The second-order valence-electron chi connectivity index (χ2n) is 4.11. The highest BCUT2D eigenvalue weighted by molar-refractivity contribution is 5.94. The van der Waals surface area contributed by atoms with Crippen molar-refractivity contribution in [2.24, 2.45) is 0 Å². The lowest BCUT2D eigenvalue weighted by Gasteiger charge is -2.07. The van der Waals surface area contributed by atoms with Gasteiger partial charge in [0, 0.05) is 12.6 Å². The lowest BCUT2D eigenvalue weighted by Crippen LogP contribution is -2.09. The number of para-hydroxylation sites is 1. The summed E-state index contributed by atoms with van der Waals surface area (Å²) < 4.78 is 5.13. The van der Waals surface area contributed by atoms with Crippen molar-refractivity contribution in [2.45, 2.75) is 6.92 Å². The number of esters is 1. The molecular weight excluding hydrogens is 258 g/mol. The van der Waals surface area contributed by atoms with Gasteiger partial charge in [0.05, 0.1) is 0 Å². The van der Waals surface area contributed by atoms with Crippen molar-refractivity contribution >= 4 is 17.6 Å². The molecular formula is C15H13NO4. The summed E-state index contributed by atoms with van der Waals surface area (Å²) >= 11 is 0. The van der Waals surface area contributed by atoms with Crippen LogP contribution in [0.25, 0.3) is 0 Å². The molecule has 0 radical (unpaired) electrons. The molecule has 2 rings (SSSR count). The number of benzene rings is 2. The van der Waals surface area contributed by atoms with Crippen LogP contribution in [0.1, 0.15) is 17.3 Å². The van der Waals surface area contributed by atoms with Gasteiger partial charge in [0.15, 0.2) is 0 Å². The lowest BCUT2D eigenvalue weighted by molar-refractivity contribution is -0.114. The maximum atomic E-state index is 11.8. The number of hydrogen-bond acceptors (Lipinski definition) is 4. The van der Waals surface area contributed by atoms with Crippen LogP contribution in [-0.4, -0.2) is 17.0 Å². The monoisotopic (exact) mass is 271 g/mol. The van der Waals surface area contributed by atoms with Crippen LogP contribution in [0.15, 0.2) is 48.5 Å². The number of phenolic OH excluding ortho intramolecular Hbond substituents is 1. The molecule has 1 amide bonds. The van der Waals surface area contributed by atoms with Gasteiger partial charge in [0.25, 0.3) is 0 Å². The highest BCUT2D eigenvalue weighted by Gasteiger charge is 2.12. The molecule has 0 aliphatic rings. The average Bonchev–Trinajstić information content (AvgIpc) is 2.41. The highest BCUT2D eigenvalue weighted by atomic mass is 16.5. The normalized spacial score (nSPS) is 9.85. The first-order valence-corrected chi connectivity index (χ1v) is 5.94. The molecule has 0 unspecified atom stereocenters. The van der Waals surface area contributed by atoms with E-state index in [4.69, 9.17) is 4.74 Å². The minimum absolute atomic E-state index is 0.0958. The first kappa shape index (κ1) is 13.6. The number of hydrogen-bond donors (Lipinski definition) is 2. The van der Waals surface area contributed by atoms with Crippen LogP contribution in [0.2, 0.25) is 0 Å². The zero-order chi connectivity index (χ0) is 14.5. The lowest BCUT2D eigenvalue weighted by atomic mass is 10.2. The third-order valence-corrected chi connectivity index (χ3v) is 2.51. The summed E-state index contributed by atoms with van der Waals surface area (Å²) in [5, 5.41) is 12.2. The number of nitrogens with one attached hydrogen (secondary N) is 1. The van der Waals surface area contributed by atoms with Crippen molar-refractivity contribution < 1.29 is 19.4 Å². The van der Waals surface area contributed by atoms with Gasteiger partial charge in [-0.25, -0.2) is 4.79 Å². The third-order valence-electron chi connectivity index (χ3n) is 2.51. The molecule has 0 heterocycles. The molecule has 20 heavy (non-hydrogen) atoms. The Morgan fingerprint density at radius 1 is 1.05 bits per heavy atom. The summed E-state index contributed by atoms with van der Waals surface area (Å²) in [5.74, 6) is -0.626. The van der Waals surface area contributed by atoms with Crippen LogP contribution in [0.5, 0.6) is 11.5 Å². The van der Waals surface area contributed by atoms with E-state index in [-0.39, 0.29) is 17.2 Å². The Kier molecular flexibility index (Phi) is 4.00. The first-order valence-electron chi connectivity index (χ1n) is 5.94. The smallest absolute Gasteiger partial charge is 0.347 e. The van der Waals surface area contributed by atoms with Gasteiger partial charge in [0.1, 0.15) is 17.1 Å². The molecule has 102 valence electrons. The van der Waals surface area contributed by atoms with E-state index in [0.717, 1.165) is 0 Å². The van der Waals surface area contributed by atoms with Crippen molar-refractivity contribution in [3.8, 4) is 11.5 Å². The fraction of sp³-hybridized carbons (Fsp3) is 0.0667. The van der Waals surface area contributed by atoms with E-state index in [1.165, 1.54) is 19.1 Å². The molecule has 0 aliphatic carbocycles. The van der Waals surface area contributed by atoms with E-state index in [9.17, 15) is 14.7 Å². The van der Waals surface area contributed by atoms with E-state index in [1.807, 2.05) is 0 Å². The van der Waals surface area contributed by atoms with Gasteiger partial charge >= 0.3 is 5.97 Å². The highest BCUT2D eigenvalue weighted by Crippen LogP contribution is 2.20. The van der Waals surface area contributed by atoms with Gasteiger partial charge in [-0.05, 0) is 36.4 Å². The SMILES string of the molecule is CC(=O)Nc1ccc(OC(=O)c2ccccc2O)cc1. The van der Waals surface area contributed by atoms with Gasteiger partial charge in [-0.15, -0.1) is 0 Å². The van der Waals surface area contributed by atoms with E-state index in [0.29, 0.717) is 11.4 Å². The Bertz CT molecular complexity index is 635. The second kappa shape index (κ2) is 5.88. The van der Waals surface area contributed by atoms with Crippen molar-refractivity contribution in [2.75, 3.05) is 5.32 Å². The molecule has 2 aromatic rings. The molecule has 0 aliphatic heterocycles. The Balaban J connectivity index is 2.09. The van der Waals surface area contributed by atoms with E-state index in [1.54, 1.807) is 36.4 Å². The molecule has 2 N–H and O–H groups in total. The zero-order valence-electron chi connectivity index (χ0n) is 10.8. The molecule has 5 nitrogen and oxygen atoms in total. The predicted molar refractivity (Wildman–Crippen MR) is 73.8 cm³/mol. The number of ether oxygens (including phenoxy) is 1. The Hall–Kier alpha value is -2.82. The number of aromatic hydroxyl groups is 1. The van der Waals surface area contributed by atoms with E-state index >= 15 is 0 Å². The molecule has 0 atom stereocenters. The summed E-state index contributed by atoms with van der Waals surface area (Å²) in [6.45, 7) is 1.41. The number of amides is 1. The summed E-state index contributed by atoms with van der Waals surface area (Å²) in [5.41, 5.74) is 0.707. The fourth-order valence-electron chi connectivity index (χ4n) is 1.62. The molecule has 0 bridgehead atoms. The van der Waals surface area contributed by atoms with Gasteiger partial charge in [-0.3, -0.25) is 4.79 Å². The maximum Gasteiger partial charge on any atom is 0.347 e. The molecule has 0 fully saturated rings. The minimum Gasteiger partial charge on any atom is -0.507 e. The number of carbonyl (C=O) groups is 2. The van der Waals surface area contributed by atoms with E-state index < -0.39 is 5.97 Å². The number of anilines is 1. The number of rotatable bonds is 3. The second-order valence-corrected chi connectivity index (χ2v) is 4.11. The van der Waals surface area contributed by atoms with Crippen LogP contribution in [0.3, 0.4) is 0 Å². The Morgan fingerprint density at radius 3 is 2.30 bits per heavy atom. The molecule has 0 saturated heterocycles. The van der Waals surface area contributed by atoms with Crippen LogP contribution in [0.4, 0.5) is 5.69 Å². The van der Waals surface area contributed by atoms with E-state index in [2.05, 4.69) is 5.32 Å². The van der Waals surface area contributed by atoms with Gasteiger partial charge in [-0.2, -0.15) is 0 Å². The molecule has 2 aromatic carbocycles. The Morgan fingerprint density at radius 2 is 1.70 bits per heavy atom. The third kappa shape index (κ3) is 3.35. The molecule has 0 spiro atoms. The van der Waals surface area contributed by atoms with Crippen LogP contribution >= 0.6 is 0 Å². The number of phenols is 1. The quantitative estimate of drug-likeness (QED) is 0.664.